The van der Waals surface area contributed by atoms with Crippen molar-refractivity contribution in [2.24, 2.45) is 5.84 Å². The average Bonchev–Trinajstić information content (AvgIpc) is 2.87. The first-order valence-corrected chi connectivity index (χ1v) is 6.63. The van der Waals surface area contributed by atoms with E-state index in [1.54, 1.807) is 4.68 Å². The average molecular weight is 296 g/mol. The molecule has 0 aliphatic carbocycles. The molecule has 1 unspecified atom stereocenters. The fourth-order valence-electron chi connectivity index (χ4n) is 2.27. The summed E-state index contributed by atoms with van der Waals surface area (Å²) in [5, 5.41) is 4.20. The number of hydrazine groups is 1. The van der Waals surface area contributed by atoms with Crippen molar-refractivity contribution in [1.82, 2.24) is 15.2 Å². The number of nitrogens with two attached hydrogens (primary N) is 1. The Labute approximate surface area is 121 Å². The monoisotopic (exact) mass is 296 g/mol. The summed E-state index contributed by atoms with van der Waals surface area (Å²) in [4.78, 5) is 0. The number of halogens is 2. The summed E-state index contributed by atoms with van der Waals surface area (Å²) in [6.07, 6.45) is 2.37. The molecular formula is C14H18F2N4O. The van der Waals surface area contributed by atoms with Crippen LogP contribution in [0.1, 0.15) is 30.6 Å². The van der Waals surface area contributed by atoms with Crippen LogP contribution >= 0.6 is 0 Å². The van der Waals surface area contributed by atoms with Gasteiger partial charge in [0.2, 0.25) is 0 Å². The summed E-state index contributed by atoms with van der Waals surface area (Å²) >= 11 is 0. The van der Waals surface area contributed by atoms with Crippen LogP contribution in [0.3, 0.4) is 0 Å². The smallest absolute Gasteiger partial charge is 0.161 e. The van der Waals surface area contributed by atoms with E-state index >= 15 is 0 Å². The van der Waals surface area contributed by atoms with Crippen LogP contribution < -0.4 is 16.0 Å². The molecule has 0 radical (unpaired) electrons. The van der Waals surface area contributed by atoms with Crippen molar-refractivity contribution in [3.05, 3.63) is 47.3 Å². The van der Waals surface area contributed by atoms with Gasteiger partial charge in [-0.2, -0.15) is 5.10 Å². The van der Waals surface area contributed by atoms with Crippen LogP contribution in [0.15, 0.2) is 24.4 Å². The fraction of sp³-hybridized carbons (Fsp3) is 0.357. The second kappa shape index (κ2) is 6.64. The Kier molecular flexibility index (Phi) is 4.87. The van der Waals surface area contributed by atoms with Gasteiger partial charge in [-0.3, -0.25) is 10.5 Å². The number of hydrogen-bond acceptors (Lipinski definition) is 4. The lowest BCUT2D eigenvalue weighted by Crippen LogP contribution is -2.32. The Bertz CT molecular complexity index is 615. The van der Waals surface area contributed by atoms with Crippen LogP contribution in [0.25, 0.3) is 0 Å². The number of nitrogens with zero attached hydrogens (tertiary/aromatic N) is 2. The first-order valence-electron chi connectivity index (χ1n) is 6.63. The van der Waals surface area contributed by atoms with Crippen molar-refractivity contribution >= 4 is 0 Å². The van der Waals surface area contributed by atoms with Gasteiger partial charge >= 0.3 is 0 Å². The summed E-state index contributed by atoms with van der Waals surface area (Å²) in [6, 6.07) is 2.49. The standard InChI is InChI=1S/C14H18F2N4O/c1-3-6-20-14(12(21-2)8-18-20)13(19-17)10-7-9(15)4-5-11(10)16/h4-5,7-8,13,19H,3,6,17H2,1-2H3. The molecule has 114 valence electrons. The molecule has 0 fully saturated rings. The van der Waals surface area contributed by atoms with E-state index in [0.29, 0.717) is 18.0 Å². The van der Waals surface area contributed by atoms with Gasteiger partial charge in [-0.25, -0.2) is 14.2 Å². The number of rotatable bonds is 6. The highest BCUT2D eigenvalue weighted by molar-refractivity contribution is 5.37. The normalized spacial score (nSPS) is 12.4. The van der Waals surface area contributed by atoms with Crippen molar-refractivity contribution in [2.45, 2.75) is 25.9 Å². The first-order chi connectivity index (χ1) is 10.1. The summed E-state index contributed by atoms with van der Waals surface area (Å²) in [7, 11) is 1.49. The highest BCUT2D eigenvalue weighted by Gasteiger charge is 2.25. The second-order valence-electron chi connectivity index (χ2n) is 4.59. The highest BCUT2D eigenvalue weighted by atomic mass is 19.1. The Hall–Kier alpha value is -1.99. The van der Waals surface area contributed by atoms with Gasteiger partial charge in [0.25, 0.3) is 0 Å². The largest absolute Gasteiger partial charge is 0.493 e. The minimum Gasteiger partial charge on any atom is -0.493 e. The topological polar surface area (TPSA) is 65.1 Å². The number of ether oxygens (including phenoxy) is 1. The molecule has 3 N–H and O–H groups in total. The van der Waals surface area contributed by atoms with Gasteiger partial charge in [0.15, 0.2) is 5.75 Å². The fourth-order valence-corrected chi connectivity index (χ4v) is 2.27. The summed E-state index contributed by atoms with van der Waals surface area (Å²) in [5.74, 6) is 4.95. The Balaban J connectivity index is 2.55. The molecule has 0 spiro atoms. The molecule has 2 aromatic rings. The number of hydrogen-bond donors (Lipinski definition) is 2. The lowest BCUT2D eigenvalue weighted by Gasteiger charge is -2.20. The second-order valence-corrected chi connectivity index (χ2v) is 4.59. The van der Waals surface area contributed by atoms with Crippen molar-refractivity contribution in [3.63, 3.8) is 0 Å². The molecule has 1 aromatic carbocycles. The maximum Gasteiger partial charge on any atom is 0.161 e. The molecule has 0 saturated carbocycles. The molecule has 1 heterocycles. The van der Waals surface area contributed by atoms with E-state index in [-0.39, 0.29) is 5.56 Å². The zero-order valence-corrected chi connectivity index (χ0v) is 11.9. The molecular weight excluding hydrogens is 278 g/mol. The van der Waals surface area contributed by atoms with Crippen molar-refractivity contribution < 1.29 is 13.5 Å². The predicted molar refractivity (Wildman–Crippen MR) is 74.6 cm³/mol. The lowest BCUT2D eigenvalue weighted by atomic mass is 10.0. The molecule has 5 nitrogen and oxygen atoms in total. The molecule has 0 aliphatic rings. The number of methoxy groups -OCH3 is 1. The molecule has 1 atom stereocenters. The maximum atomic E-state index is 14.0. The SMILES string of the molecule is CCCn1ncc(OC)c1C(NN)c1cc(F)ccc1F. The van der Waals surface area contributed by atoms with Gasteiger partial charge in [-0.05, 0) is 24.6 Å². The van der Waals surface area contributed by atoms with E-state index in [4.69, 9.17) is 10.6 Å². The maximum absolute atomic E-state index is 14.0. The van der Waals surface area contributed by atoms with E-state index in [0.717, 1.165) is 24.6 Å². The van der Waals surface area contributed by atoms with Crippen molar-refractivity contribution in [2.75, 3.05) is 7.11 Å². The Morgan fingerprint density at radius 3 is 2.81 bits per heavy atom. The third kappa shape index (κ3) is 3.03. The molecule has 0 aliphatic heterocycles. The summed E-state index contributed by atoms with van der Waals surface area (Å²) in [6.45, 7) is 2.61. The summed E-state index contributed by atoms with van der Waals surface area (Å²) in [5.41, 5.74) is 3.18. The molecule has 0 saturated heterocycles. The third-order valence-corrected chi connectivity index (χ3v) is 3.21. The van der Waals surface area contributed by atoms with Crippen LogP contribution in [0.4, 0.5) is 8.78 Å². The van der Waals surface area contributed by atoms with Crippen LogP contribution in [-0.2, 0) is 6.54 Å². The number of aryl methyl sites for hydroxylation is 1. The molecule has 0 bridgehead atoms. The minimum absolute atomic E-state index is 0.105. The van der Waals surface area contributed by atoms with E-state index in [1.807, 2.05) is 6.92 Å². The van der Waals surface area contributed by atoms with Crippen molar-refractivity contribution in [3.8, 4) is 5.75 Å². The van der Waals surface area contributed by atoms with Gasteiger partial charge in [-0.1, -0.05) is 6.92 Å². The predicted octanol–water partition coefficient (Wildman–Crippen LogP) is 2.13. The van der Waals surface area contributed by atoms with Crippen LogP contribution in [0, 0.1) is 11.6 Å². The van der Waals surface area contributed by atoms with Crippen LogP contribution in [-0.4, -0.2) is 16.9 Å². The summed E-state index contributed by atoms with van der Waals surface area (Å²) < 4.78 is 34.4. The van der Waals surface area contributed by atoms with Gasteiger partial charge in [-0.15, -0.1) is 0 Å². The van der Waals surface area contributed by atoms with E-state index in [1.165, 1.54) is 13.3 Å². The number of benzene rings is 1. The highest BCUT2D eigenvalue weighted by Crippen LogP contribution is 2.31. The van der Waals surface area contributed by atoms with Gasteiger partial charge in [0, 0.05) is 12.1 Å². The molecule has 1 aromatic heterocycles. The first kappa shape index (κ1) is 15.4. The number of aromatic nitrogens is 2. The van der Waals surface area contributed by atoms with Gasteiger partial charge in [0.1, 0.15) is 17.3 Å². The van der Waals surface area contributed by atoms with Crippen LogP contribution in [0.2, 0.25) is 0 Å². The van der Waals surface area contributed by atoms with Crippen LogP contribution in [0.5, 0.6) is 5.75 Å². The zero-order chi connectivity index (χ0) is 15.4. The van der Waals surface area contributed by atoms with Gasteiger partial charge < -0.3 is 4.74 Å². The molecule has 7 heteroatoms. The van der Waals surface area contributed by atoms with E-state index < -0.39 is 17.7 Å². The number of nitrogens with one attached hydrogen (secondary N) is 1. The quantitative estimate of drug-likeness (QED) is 0.633. The molecule has 2 rings (SSSR count). The van der Waals surface area contributed by atoms with Gasteiger partial charge in [0.05, 0.1) is 19.3 Å². The molecule has 0 amide bonds. The molecule has 21 heavy (non-hydrogen) atoms. The van der Waals surface area contributed by atoms with E-state index in [9.17, 15) is 8.78 Å². The zero-order valence-electron chi connectivity index (χ0n) is 11.9. The Morgan fingerprint density at radius 2 is 2.19 bits per heavy atom. The Morgan fingerprint density at radius 1 is 1.43 bits per heavy atom. The van der Waals surface area contributed by atoms with E-state index in [2.05, 4.69) is 10.5 Å². The van der Waals surface area contributed by atoms with Crippen molar-refractivity contribution in [1.29, 1.82) is 0 Å². The lowest BCUT2D eigenvalue weighted by molar-refractivity contribution is 0.396. The third-order valence-electron chi connectivity index (χ3n) is 3.21. The minimum atomic E-state index is -0.760.